The Kier molecular flexibility index (Phi) is 7.96. The fourth-order valence-electron chi connectivity index (χ4n) is 3.77. The first-order chi connectivity index (χ1) is 14.6. The SMILES string of the molecule is CCCOc1ccc(C(C)(CC)CCCc2cccc(Oc3ccccc3)c2)cc1. The molecule has 0 aliphatic rings. The average Bonchev–Trinajstić information content (AvgIpc) is 2.79. The van der Waals surface area contributed by atoms with Crippen LogP contribution in [-0.4, -0.2) is 6.61 Å². The van der Waals surface area contributed by atoms with E-state index in [0.29, 0.717) is 0 Å². The molecule has 0 radical (unpaired) electrons. The molecule has 0 amide bonds. The van der Waals surface area contributed by atoms with Gasteiger partial charge in [0.1, 0.15) is 17.2 Å². The van der Waals surface area contributed by atoms with Gasteiger partial charge in [-0.05, 0) is 85.0 Å². The summed E-state index contributed by atoms with van der Waals surface area (Å²) in [5, 5.41) is 0. The van der Waals surface area contributed by atoms with Crippen LogP contribution in [0.2, 0.25) is 0 Å². The fourth-order valence-corrected chi connectivity index (χ4v) is 3.77. The third-order valence-corrected chi connectivity index (χ3v) is 5.88. The van der Waals surface area contributed by atoms with Crippen LogP contribution in [0.4, 0.5) is 0 Å². The van der Waals surface area contributed by atoms with Gasteiger partial charge in [-0.3, -0.25) is 0 Å². The van der Waals surface area contributed by atoms with Crippen molar-refractivity contribution in [2.45, 2.75) is 58.3 Å². The lowest BCUT2D eigenvalue weighted by Gasteiger charge is -2.29. The summed E-state index contributed by atoms with van der Waals surface area (Å²) < 4.78 is 11.7. The predicted octanol–water partition coefficient (Wildman–Crippen LogP) is 7.96. The minimum absolute atomic E-state index is 0.182. The number of ether oxygens (including phenoxy) is 2. The van der Waals surface area contributed by atoms with Crippen molar-refractivity contribution in [3.05, 3.63) is 90.0 Å². The zero-order valence-corrected chi connectivity index (χ0v) is 18.6. The molecule has 3 aromatic carbocycles. The second-order valence-corrected chi connectivity index (χ2v) is 8.20. The maximum atomic E-state index is 5.98. The van der Waals surface area contributed by atoms with Crippen molar-refractivity contribution in [1.29, 1.82) is 0 Å². The molecule has 0 aliphatic carbocycles. The van der Waals surface area contributed by atoms with Gasteiger partial charge >= 0.3 is 0 Å². The topological polar surface area (TPSA) is 18.5 Å². The third-order valence-electron chi connectivity index (χ3n) is 5.88. The summed E-state index contributed by atoms with van der Waals surface area (Å²) in [5.41, 5.74) is 2.90. The van der Waals surface area contributed by atoms with Gasteiger partial charge in [0.15, 0.2) is 0 Å². The summed E-state index contributed by atoms with van der Waals surface area (Å²) in [7, 11) is 0. The Bertz CT molecular complexity index is 886. The normalized spacial score (nSPS) is 12.9. The predicted molar refractivity (Wildman–Crippen MR) is 126 cm³/mol. The van der Waals surface area contributed by atoms with Gasteiger partial charge in [0.25, 0.3) is 0 Å². The highest BCUT2D eigenvalue weighted by Crippen LogP contribution is 2.34. The molecule has 0 bridgehead atoms. The van der Waals surface area contributed by atoms with Crippen molar-refractivity contribution in [1.82, 2.24) is 0 Å². The monoisotopic (exact) mass is 402 g/mol. The van der Waals surface area contributed by atoms with E-state index in [0.717, 1.165) is 56.0 Å². The molecule has 0 spiro atoms. The van der Waals surface area contributed by atoms with Crippen molar-refractivity contribution >= 4 is 0 Å². The van der Waals surface area contributed by atoms with Crippen LogP contribution in [-0.2, 0) is 11.8 Å². The summed E-state index contributed by atoms with van der Waals surface area (Å²) >= 11 is 0. The first-order valence-electron chi connectivity index (χ1n) is 11.2. The van der Waals surface area contributed by atoms with Crippen molar-refractivity contribution in [3.8, 4) is 17.2 Å². The van der Waals surface area contributed by atoms with Crippen LogP contribution in [0.25, 0.3) is 0 Å². The number of rotatable bonds is 11. The van der Waals surface area contributed by atoms with Crippen LogP contribution >= 0.6 is 0 Å². The average molecular weight is 403 g/mol. The fraction of sp³-hybridized carbons (Fsp3) is 0.357. The zero-order valence-electron chi connectivity index (χ0n) is 18.6. The maximum Gasteiger partial charge on any atom is 0.127 e. The molecular weight excluding hydrogens is 368 g/mol. The maximum absolute atomic E-state index is 5.98. The number of benzene rings is 3. The highest BCUT2D eigenvalue weighted by atomic mass is 16.5. The van der Waals surface area contributed by atoms with Gasteiger partial charge in [-0.25, -0.2) is 0 Å². The van der Waals surface area contributed by atoms with E-state index < -0.39 is 0 Å². The summed E-state index contributed by atoms with van der Waals surface area (Å²) in [6, 6.07) is 27.1. The molecule has 0 aromatic heterocycles. The standard InChI is InChI=1S/C28H34O2/c1-4-21-29-25-18-16-24(17-19-25)28(3,5-2)20-10-12-23-11-9-15-27(22-23)30-26-13-7-6-8-14-26/h6-9,11,13-19,22H,4-5,10,12,20-21H2,1-3H3. The van der Waals surface area contributed by atoms with E-state index in [1.54, 1.807) is 0 Å². The molecule has 1 atom stereocenters. The summed E-state index contributed by atoms with van der Waals surface area (Å²) in [4.78, 5) is 0. The molecule has 3 aromatic rings. The number of aryl methyl sites for hydroxylation is 1. The van der Waals surface area contributed by atoms with Crippen molar-refractivity contribution in [3.63, 3.8) is 0 Å². The quantitative estimate of drug-likeness (QED) is 0.324. The lowest BCUT2D eigenvalue weighted by molar-refractivity contribution is 0.317. The van der Waals surface area contributed by atoms with Crippen molar-refractivity contribution < 1.29 is 9.47 Å². The molecule has 158 valence electrons. The van der Waals surface area contributed by atoms with Crippen LogP contribution in [0.1, 0.15) is 57.6 Å². The molecule has 0 saturated carbocycles. The largest absolute Gasteiger partial charge is 0.494 e. The van der Waals surface area contributed by atoms with Gasteiger partial charge in [0.05, 0.1) is 6.61 Å². The summed E-state index contributed by atoms with van der Waals surface area (Å²) in [5.74, 6) is 2.74. The Morgan fingerprint density at radius 1 is 0.767 bits per heavy atom. The molecule has 0 heterocycles. The summed E-state index contributed by atoms with van der Waals surface area (Å²) in [6.07, 6.45) is 5.51. The van der Waals surface area contributed by atoms with Gasteiger partial charge in [0.2, 0.25) is 0 Å². The van der Waals surface area contributed by atoms with Crippen LogP contribution in [0, 0.1) is 0 Å². The third kappa shape index (κ3) is 6.13. The van der Waals surface area contributed by atoms with Crippen LogP contribution < -0.4 is 9.47 Å². The molecule has 1 unspecified atom stereocenters. The molecule has 0 N–H and O–H groups in total. The smallest absolute Gasteiger partial charge is 0.127 e. The highest BCUT2D eigenvalue weighted by Gasteiger charge is 2.24. The van der Waals surface area contributed by atoms with Gasteiger partial charge in [-0.15, -0.1) is 0 Å². The van der Waals surface area contributed by atoms with Gasteiger partial charge in [-0.2, -0.15) is 0 Å². The van der Waals surface area contributed by atoms with E-state index in [1.165, 1.54) is 11.1 Å². The molecule has 3 rings (SSSR count). The number of hydrogen-bond acceptors (Lipinski definition) is 2. The van der Waals surface area contributed by atoms with E-state index in [4.69, 9.17) is 9.47 Å². The van der Waals surface area contributed by atoms with Crippen LogP contribution in [0.15, 0.2) is 78.9 Å². The van der Waals surface area contributed by atoms with E-state index in [1.807, 2.05) is 36.4 Å². The minimum atomic E-state index is 0.182. The van der Waals surface area contributed by atoms with Crippen LogP contribution in [0.3, 0.4) is 0 Å². The Labute approximate surface area is 181 Å². The van der Waals surface area contributed by atoms with E-state index >= 15 is 0 Å². The van der Waals surface area contributed by atoms with Crippen molar-refractivity contribution in [2.24, 2.45) is 0 Å². The Hall–Kier alpha value is -2.74. The lowest BCUT2D eigenvalue weighted by Crippen LogP contribution is -2.21. The minimum Gasteiger partial charge on any atom is -0.494 e. The highest BCUT2D eigenvalue weighted by molar-refractivity contribution is 5.34. The van der Waals surface area contributed by atoms with E-state index in [-0.39, 0.29) is 5.41 Å². The Morgan fingerprint density at radius 2 is 1.50 bits per heavy atom. The van der Waals surface area contributed by atoms with Gasteiger partial charge in [-0.1, -0.05) is 63.2 Å². The first kappa shape index (κ1) is 22.0. The number of para-hydroxylation sites is 1. The molecule has 0 fully saturated rings. The summed E-state index contributed by atoms with van der Waals surface area (Å²) in [6.45, 7) is 7.57. The van der Waals surface area contributed by atoms with Crippen molar-refractivity contribution in [2.75, 3.05) is 6.61 Å². The molecule has 0 saturated heterocycles. The number of hydrogen-bond donors (Lipinski definition) is 0. The molecule has 30 heavy (non-hydrogen) atoms. The van der Waals surface area contributed by atoms with E-state index in [2.05, 4.69) is 63.2 Å². The lowest BCUT2D eigenvalue weighted by atomic mass is 9.76. The molecule has 2 heteroatoms. The Balaban J connectivity index is 1.58. The first-order valence-corrected chi connectivity index (χ1v) is 11.2. The van der Waals surface area contributed by atoms with E-state index in [9.17, 15) is 0 Å². The second-order valence-electron chi connectivity index (χ2n) is 8.20. The van der Waals surface area contributed by atoms with Gasteiger partial charge in [0, 0.05) is 0 Å². The molecular formula is C28H34O2. The van der Waals surface area contributed by atoms with Gasteiger partial charge < -0.3 is 9.47 Å². The second kappa shape index (κ2) is 10.9. The molecule has 2 nitrogen and oxygen atoms in total. The zero-order chi connectivity index (χ0) is 21.2. The Morgan fingerprint density at radius 3 is 2.20 bits per heavy atom. The van der Waals surface area contributed by atoms with Crippen LogP contribution in [0.5, 0.6) is 17.2 Å². The molecule has 0 aliphatic heterocycles.